The van der Waals surface area contributed by atoms with Crippen LogP contribution in [0.15, 0.2) is 18.2 Å². The first-order valence-electron chi connectivity index (χ1n) is 7.30. The van der Waals surface area contributed by atoms with Crippen LogP contribution >= 0.6 is 0 Å². The highest BCUT2D eigenvalue weighted by Crippen LogP contribution is 2.30. The summed E-state index contributed by atoms with van der Waals surface area (Å²) in [5.41, 5.74) is -0.0767. The quantitative estimate of drug-likeness (QED) is 0.398. The summed E-state index contributed by atoms with van der Waals surface area (Å²) in [6.07, 6.45) is -1.85. The van der Waals surface area contributed by atoms with Gasteiger partial charge in [-0.05, 0) is 32.4 Å². The number of esters is 1. The van der Waals surface area contributed by atoms with Gasteiger partial charge in [0.25, 0.3) is 6.17 Å². The molecule has 0 spiro atoms. The average molecular weight is 312 g/mol. The second-order valence-corrected chi connectivity index (χ2v) is 4.39. The zero-order chi connectivity index (χ0) is 16.5. The molecule has 0 aliphatic heterocycles. The van der Waals surface area contributed by atoms with Crippen molar-refractivity contribution in [3.05, 3.63) is 23.8 Å². The van der Waals surface area contributed by atoms with E-state index < -0.39 is 17.9 Å². The first kappa shape index (κ1) is 17.9. The van der Waals surface area contributed by atoms with E-state index in [9.17, 15) is 14.0 Å². The minimum Gasteiger partial charge on any atom is -0.493 e. The number of ether oxygens (including phenoxy) is 3. The monoisotopic (exact) mass is 312 g/mol. The number of ketones is 1. The molecule has 6 heteroatoms. The molecule has 0 aromatic heterocycles. The summed E-state index contributed by atoms with van der Waals surface area (Å²) < 4.78 is 29.5. The van der Waals surface area contributed by atoms with Crippen LogP contribution in [0.5, 0.6) is 11.5 Å². The molecule has 0 saturated heterocycles. The number of hydrogen-bond donors (Lipinski definition) is 0. The lowest BCUT2D eigenvalue weighted by Gasteiger charge is -2.15. The summed E-state index contributed by atoms with van der Waals surface area (Å²) in [6, 6.07) is 4.70. The second-order valence-electron chi connectivity index (χ2n) is 4.39. The van der Waals surface area contributed by atoms with Crippen LogP contribution in [0.25, 0.3) is 0 Å². The normalized spacial score (nSPS) is 11.6. The van der Waals surface area contributed by atoms with E-state index in [4.69, 9.17) is 9.47 Å². The van der Waals surface area contributed by atoms with Gasteiger partial charge in [0, 0.05) is 0 Å². The molecular weight excluding hydrogens is 291 g/mol. The third-order valence-electron chi connectivity index (χ3n) is 2.72. The molecule has 1 aromatic carbocycles. The lowest BCUT2D eigenvalue weighted by Crippen LogP contribution is -2.29. The largest absolute Gasteiger partial charge is 0.493 e. The highest BCUT2D eigenvalue weighted by atomic mass is 19.1. The van der Waals surface area contributed by atoms with Crippen LogP contribution in [-0.4, -0.2) is 37.7 Å². The standard InChI is InChI=1S/C16H21FO5/c1-4-10-22-16(19)14(17)15(18)13-11(20-5-2)8-7-9-12(13)21-6-3/h7-9,14H,4-6,10H2,1-3H3. The van der Waals surface area contributed by atoms with Gasteiger partial charge < -0.3 is 14.2 Å². The number of halogens is 1. The maximum Gasteiger partial charge on any atom is 0.349 e. The van der Waals surface area contributed by atoms with Gasteiger partial charge in [-0.1, -0.05) is 13.0 Å². The molecule has 0 bridgehead atoms. The third-order valence-corrected chi connectivity index (χ3v) is 2.72. The number of carbonyl (C=O) groups excluding carboxylic acids is 2. The minimum absolute atomic E-state index is 0.0674. The van der Waals surface area contributed by atoms with Gasteiger partial charge in [0.15, 0.2) is 0 Å². The van der Waals surface area contributed by atoms with Gasteiger partial charge in [-0.2, -0.15) is 0 Å². The zero-order valence-electron chi connectivity index (χ0n) is 13.1. The van der Waals surface area contributed by atoms with Crippen molar-refractivity contribution in [2.75, 3.05) is 19.8 Å². The Hall–Kier alpha value is -2.11. The van der Waals surface area contributed by atoms with Gasteiger partial charge in [-0.15, -0.1) is 0 Å². The van der Waals surface area contributed by atoms with E-state index in [2.05, 4.69) is 4.74 Å². The number of alkyl halides is 1. The van der Waals surface area contributed by atoms with Crippen LogP contribution in [0.3, 0.4) is 0 Å². The first-order chi connectivity index (χ1) is 10.6. The van der Waals surface area contributed by atoms with Crippen molar-refractivity contribution >= 4 is 11.8 Å². The molecule has 0 fully saturated rings. The van der Waals surface area contributed by atoms with Crippen molar-refractivity contribution < 1.29 is 28.2 Å². The number of carbonyl (C=O) groups is 2. The van der Waals surface area contributed by atoms with E-state index in [1.54, 1.807) is 26.8 Å². The summed E-state index contributed by atoms with van der Waals surface area (Å²) in [4.78, 5) is 23.9. The van der Waals surface area contributed by atoms with Gasteiger partial charge in [-0.25, -0.2) is 9.18 Å². The SMILES string of the molecule is CCCOC(=O)C(F)C(=O)c1c(OCC)cccc1OCC. The van der Waals surface area contributed by atoms with Crippen LogP contribution in [0.1, 0.15) is 37.6 Å². The van der Waals surface area contributed by atoms with Gasteiger partial charge in [-0.3, -0.25) is 4.79 Å². The third kappa shape index (κ3) is 4.44. The second kappa shape index (κ2) is 9.02. The Labute approximate surface area is 129 Å². The Morgan fingerprint density at radius 3 is 2.09 bits per heavy atom. The van der Waals surface area contributed by atoms with E-state index in [0.29, 0.717) is 19.6 Å². The van der Waals surface area contributed by atoms with Gasteiger partial charge >= 0.3 is 5.97 Å². The van der Waals surface area contributed by atoms with E-state index in [1.165, 1.54) is 12.1 Å². The molecule has 0 saturated carbocycles. The predicted octanol–water partition coefficient (Wildman–Crippen LogP) is 2.96. The van der Waals surface area contributed by atoms with E-state index in [-0.39, 0.29) is 23.7 Å². The first-order valence-corrected chi connectivity index (χ1v) is 7.30. The van der Waals surface area contributed by atoms with Crippen LogP contribution in [0, 0.1) is 0 Å². The summed E-state index contributed by atoms with van der Waals surface area (Å²) in [5.74, 6) is -1.84. The Kier molecular flexibility index (Phi) is 7.36. The Balaban J connectivity index is 3.10. The molecule has 0 aliphatic carbocycles. The van der Waals surface area contributed by atoms with Gasteiger partial charge in [0.1, 0.15) is 17.1 Å². The molecule has 122 valence electrons. The fraction of sp³-hybridized carbons (Fsp3) is 0.500. The van der Waals surface area contributed by atoms with Crippen LogP contribution in [0.2, 0.25) is 0 Å². The highest BCUT2D eigenvalue weighted by molar-refractivity contribution is 6.13. The topological polar surface area (TPSA) is 61.8 Å². The smallest absolute Gasteiger partial charge is 0.349 e. The summed E-state index contributed by atoms with van der Waals surface area (Å²) >= 11 is 0. The molecule has 1 unspecified atom stereocenters. The lowest BCUT2D eigenvalue weighted by atomic mass is 10.0. The van der Waals surface area contributed by atoms with Crippen molar-refractivity contribution in [3.8, 4) is 11.5 Å². The summed E-state index contributed by atoms with van der Waals surface area (Å²) in [6.45, 7) is 5.92. The Morgan fingerprint density at radius 1 is 1.09 bits per heavy atom. The maximum absolute atomic E-state index is 14.1. The van der Waals surface area contributed by atoms with E-state index in [0.717, 1.165) is 0 Å². The molecule has 0 radical (unpaired) electrons. The fourth-order valence-corrected chi connectivity index (χ4v) is 1.81. The number of Topliss-reactive ketones (excluding diaryl/α,β-unsaturated/α-hetero) is 1. The molecule has 1 rings (SSSR count). The van der Waals surface area contributed by atoms with Crippen molar-refractivity contribution in [2.45, 2.75) is 33.4 Å². The molecule has 5 nitrogen and oxygen atoms in total. The Bertz CT molecular complexity index is 491. The van der Waals surface area contributed by atoms with Gasteiger partial charge in [0.2, 0.25) is 5.78 Å². The van der Waals surface area contributed by atoms with Crippen molar-refractivity contribution in [3.63, 3.8) is 0 Å². The molecule has 1 atom stereocenters. The van der Waals surface area contributed by atoms with E-state index in [1.807, 2.05) is 0 Å². The number of benzene rings is 1. The molecule has 1 aromatic rings. The number of hydrogen-bond acceptors (Lipinski definition) is 5. The zero-order valence-corrected chi connectivity index (χ0v) is 13.1. The van der Waals surface area contributed by atoms with Crippen LogP contribution < -0.4 is 9.47 Å². The highest BCUT2D eigenvalue weighted by Gasteiger charge is 2.33. The summed E-state index contributed by atoms with van der Waals surface area (Å²) in [5, 5.41) is 0. The van der Waals surface area contributed by atoms with Crippen LogP contribution in [-0.2, 0) is 9.53 Å². The molecular formula is C16H21FO5. The molecule has 0 amide bonds. The van der Waals surface area contributed by atoms with Gasteiger partial charge in [0.05, 0.1) is 19.8 Å². The predicted molar refractivity (Wildman–Crippen MR) is 79.3 cm³/mol. The molecule has 0 N–H and O–H groups in total. The van der Waals surface area contributed by atoms with Crippen molar-refractivity contribution in [1.82, 2.24) is 0 Å². The molecule has 0 heterocycles. The number of rotatable bonds is 9. The molecule has 22 heavy (non-hydrogen) atoms. The van der Waals surface area contributed by atoms with Crippen LogP contribution in [0.4, 0.5) is 4.39 Å². The lowest BCUT2D eigenvalue weighted by molar-refractivity contribution is -0.147. The minimum atomic E-state index is -2.40. The van der Waals surface area contributed by atoms with E-state index >= 15 is 0 Å². The summed E-state index contributed by atoms with van der Waals surface area (Å²) in [7, 11) is 0. The Morgan fingerprint density at radius 2 is 1.64 bits per heavy atom. The van der Waals surface area contributed by atoms with Crippen molar-refractivity contribution in [2.24, 2.45) is 0 Å². The average Bonchev–Trinajstić information content (AvgIpc) is 2.52. The molecule has 0 aliphatic rings. The maximum atomic E-state index is 14.1. The fourth-order valence-electron chi connectivity index (χ4n) is 1.81. The van der Waals surface area contributed by atoms with Crippen molar-refractivity contribution in [1.29, 1.82) is 0 Å².